The van der Waals surface area contributed by atoms with Crippen molar-refractivity contribution in [2.24, 2.45) is 0 Å². The van der Waals surface area contributed by atoms with Crippen molar-refractivity contribution >= 4 is 11.0 Å². The molecule has 0 saturated carbocycles. The molecule has 0 spiro atoms. The quantitative estimate of drug-likeness (QED) is 0.165. The Kier molecular flexibility index (Phi) is 8.40. The van der Waals surface area contributed by atoms with Crippen LogP contribution in [0.25, 0.3) is 101 Å². The van der Waals surface area contributed by atoms with Crippen molar-refractivity contribution in [1.82, 2.24) is 34.9 Å². The Hall–Kier alpha value is -8.03. The van der Waals surface area contributed by atoms with E-state index in [1.54, 1.807) is 12.4 Å². The first-order chi connectivity index (χ1) is 31.2. The van der Waals surface area contributed by atoms with Gasteiger partial charge in [-0.2, -0.15) is 0 Å². The van der Waals surface area contributed by atoms with Crippen LogP contribution < -0.4 is 0 Å². The van der Waals surface area contributed by atoms with E-state index in [2.05, 4.69) is 159 Å². The van der Waals surface area contributed by atoms with Crippen molar-refractivity contribution in [3.63, 3.8) is 0 Å². The van der Waals surface area contributed by atoms with Gasteiger partial charge in [0.1, 0.15) is 11.4 Å². The Balaban J connectivity index is 0.955. The number of pyridine rings is 2. The maximum atomic E-state index is 5.25. The minimum absolute atomic E-state index is 0.160. The maximum Gasteiger partial charge on any atom is 0.164 e. The van der Waals surface area contributed by atoms with Gasteiger partial charge in [-0.05, 0) is 104 Å². The van der Waals surface area contributed by atoms with Crippen LogP contribution in [0.1, 0.15) is 49.9 Å². The molecule has 0 amide bonds. The summed E-state index contributed by atoms with van der Waals surface area (Å²) in [7, 11) is 0. The fourth-order valence-corrected chi connectivity index (χ4v) is 9.86. The van der Waals surface area contributed by atoms with Crippen molar-refractivity contribution in [2.75, 3.05) is 0 Å². The van der Waals surface area contributed by atoms with E-state index >= 15 is 0 Å². The zero-order chi connectivity index (χ0) is 43.2. The second kappa shape index (κ2) is 14.3. The van der Waals surface area contributed by atoms with E-state index in [0.717, 1.165) is 50.2 Å². The number of rotatable bonds is 6. The van der Waals surface area contributed by atoms with Gasteiger partial charge in [0.15, 0.2) is 17.5 Å². The molecule has 4 heterocycles. The minimum atomic E-state index is -0.160. The number of hydrogen-bond donors (Lipinski definition) is 0. The molecule has 10 aromatic rings. The molecule has 0 N–H and O–H groups in total. The third-order valence-corrected chi connectivity index (χ3v) is 13.3. The van der Waals surface area contributed by atoms with E-state index in [0.29, 0.717) is 28.9 Å². The van der Waals surface area contributed by atoms with Gasteiger partial charge in [-0.25, -0.2) is 24.9 Å². The molecule has 0 fully saturated rings. The van der Waals surface area contributed by atoms with Crippen LogP contribution in [0.3, 0.4) is 0 Å². The monoisotopic (exact) mass is 823 g/mol. The van der Waals surface area contributed by atoms with E-state index in [-0.39, 0.29) is 10.8 Å². The zero-order valence-electron chi connectivity index (χ0n) is 35.9. The van der Waals surface area contributed by atoms with Gasteiger partial charge < -0.3 is 0 Å². The van der Waals surface area contributed by atoms with Crippen molar-refractivity contribution in [2.45, 2.75) is 38.5 Å². The van der Waals surface area contributed by atoms with Crippen molar-refractivity contribution in [3.8, 4) is 90.3 Å². The van der Waals surface area contributed by atoms with Crippen LogP contribution in [0.5, 0.6) is 0 Å². The standard InChI is InChI=1S/C57H41N7/c1-56(2)43-15-7-5-13-39(43)41-26-23-37(31-45(41)56)54-62-53(63-55(64-54)38-24-27-42-40-14-6-8-16-44(40)57(3,4)46(42)32-38)35-21-19-34(20-22-35)36-25-28-47-50(33-36)61-52(49-18-10-12-30-59-49)51(60-47)48-17-9-11-29-58-48/h5-33H,1-4H3. The van der Waals surface area contributed by atoms with Crippen LogP contribution in [-0.4, -0.2) is 34.9 Å². The molecule has 304 valence electrons. The molecular weight excluding hydrogens is 783 g/mol. The molecule has 64 heavy (non-hydrogen) atoms. The van der Waals surface area contributed by atoms with E-state index < -0.39 is 0 Å². The van der Waals surface area contributed by atoms with Gasteiger partial charge in [-0.1, -0.05) is 143 Å². The fourth-order valence-electron chi connectivity index (χ4n) is 9.86. The van der Waals surface area contributed by atoms with Gasteiger partial charge in [-0.3, -0.25) is 9.97 Å². The number of hydrogen-bond acceptors (Lipinski definition) is 7. The van der Waals surface area contributed by atoms with Crippen LogP contribution >= 0.6 is 0 Å². The van der Waals surface area contributed by atoms with Gasteiger partial charge in [0.05, 0.1) is 22.4 Å². The molecule has 0 bridgehead atoms. The van der Waals surface area contributed by atoms with Crippen LogP contribution in [-0.2, 0) is 10.8 Å². The lowest BCUT2D eigenvalue weighted by Crippen LogP contribution is -2.15. The first-order valence-electron chi connectivity index (χ1n) is 21.7. The van der Waals surface area contributed by atoms with Gasteiger partial charge in [0, 0.05) is 39.9 Å². The molecule has 2 aliphatic carbocycles. The van der Waals surface area contributed by atoms with E-state index in [1.165, 1.54) is 44.5 Å². The molecule has 12 rings (SSSR count). The first kappa shape index (κ1) is 37.7. The molecule has 7 nitrogen and oxygen atoms in total. The van der Waals surface area contributed by atoms with Crippen LogP contribution in [0.4, 0.5) is 0 Å². The summed E-state index contributed by atoms with van der Waals surface area (Å²) in [6, 6.07) is 57.1. The minimum Gasteiger partial charge on any atom is -0.255 e. The smallest absolute Gasteiger partial charge is 0.164 e. The van der Waals surface area contributed by atoms with Crippen molar-refractivity contribution < 1.29 is 0 Å². The third kappa shape index (κ3) is 5.99. The molecule has 0 unspecified atom stereocenters. The normalized spacial score (nSPS) is 13.9. The lowest BCUT2D eigenvalue weighted by molar-refractivity contribution is 0.660. The Morgan fingerprint density at radius 2 is 0.734 bits per heavy atom. The number of nitrogens with zero attached hydrogens (tertiary/aromatic N) is 7. The second-order valence-electron chi connectivity index (χ2n) is 17.8. The van der Waals surface area contributed by atoms with Crippen molar-refractivity contribution in [3.05, 3.63) is 198 Å². The predicted molar refractivity (Wildman–Crippen MR) is 256 cm³/mol. The van der Waals surface area contributed by atoms with Gasteiger partial charge in [-0.15, -0.1) is 0 Å². The number of benzene rings is 6. The average Bonchev–Trinajstić information content (AvgIpc) is 3.72. The molecule has 0 saturated heterocycles. The Morgan fingerprint density at radius 1 is 0.312 bits per heavy atom. The topological polar surface area (TPSA) is 90.2 Å². The van der Waals surface area contributed by atoms with Crippen LogP contribution in [0, 0.1) is 0 Å². The summed E-state index contributed by atoms with van der Waals surface area (Å²) in [4.78, 5) is 35.1. The Labute approximate surface area is 371 Å². The molecule has 6 aromatic carbocycles. The number of aromatic nitrogens is 7. The highest BCUT2D eigenvalue weighted by atomic mass is 15.0. The highest BCUT2D eigenvalue weighted by molar-refractivity contribution is 5.89. The summed E-state index contributed by atoms with van der Waals surface area (Å²) in [5.74, 6) is 1.90. The Bertz CT molecular complexity index is 3360. The maximum absolute atomic E-state index is 5.25. The van der Waals surface area contributed by atoms with E-state index in [1.807, 2.05) is 42.5 Å². The third-order valence-electron chi connectivity index (χ3n) is 13.3. The predicted octanol–water partition coefficient (Wildman–Crippen LogP) is 13.2. The number of fused-ring (bicyclic) bond motifs is 7. The summed E-state index contributed by atoms with van der Waals surface area (Å²) >= 11 is 0. The summed E-state index contributed by atoms with van der Waals surface area (Å²) in [5, 5.41) is 0. The molecular formula is C57H41N7. The molecule has 0 radical (unpaired) electrons. The Morgan fingerprint density at radius 3 is 1.25 bits per heavy atom. The van der Waals surface area contributed by atoms with E-state index in [9.17, 15) is 0 Å². The van der Waals surface area contributed by atoms with Gasteiger partial charge in [0.2, 0.25) is 0 Å². The SMILES string of the molecule is CC1(C)c2ccccc2-c2ccc(-c3nc(-c4ccc(-c5ccc6nc(-c7ccccn7)c(-c7ccccn7)nc6c5)cc4)nc(-c4ccc5c(c4)C(C)(C)c4ccccc4-5)n3)cc21. The lowest BCUT2D eigenvalue weighted by Gasteiger charge is -2.22. The van der Waals surface area contributed by atoms with Crippen molar-refractivity contribution in [1.29, 1.82) is 0 Å². The average molecular weight is 824 g/mol. The van der Waals surface area contributed by atoms with E-state index in [4.69, 9.17) is 24.9 Å². The van der Waals surface area contributed by atoms with Gasteiger partial charge >= 0.3 is 0 Å². The van der Waals surface area contributed by atoms with Crippen LogP contribution in [0.15, 0.2) is 176 Å². The fraction of sp³-hybridized carbons (Fsp3) is 0.105. The largest absolute Gasteiger partial charge is 0.255 e. The lowest BCUT2D eigenvalue weighted by atomic mass is 9.82. The second-order valence-corrected chi connectivity index (χ2v) is 17.8. The summed E-state index contributed by atoms with van der Waals surface area (Å²) in [6.45, 7) is 9.22. The van der Waals surface area contributed by atoms with Gasteiger partial charge in [0.25, 0.3) is 0 Å². The summed E-state index contributed by atoms with van der Waals surface area (Å²) in [6.07, 6.45) is 3.55. The molecule has 2 aliphatic rings. The summed E-state index contributed by atoms with van der Waals surface area (Å²) in [5.41, 5.74) is 19.3. The summed E-state index contributed by atoms with van der Waals surface area (Å²) < 4.78 is 0. The zero-order valence-corrected chi connectivity index (χ0v) is 35.9. The van der Waals surface area contributed by atoms with Crippen LogP contribution in [0.2, 0.25) is 0 Å². The molecule has 7 heteroatoms. The first-order valence-corrected chi connectivity index (χ1v) is 21.7. The molecule has 0 atom stereocenters. The molecule has 4 aromatic heterocycles. The molecule has 0 aliphatic heterocycles. The highest BCUT2D eigenvalue weighted by Gasteiger charge is 2.37. The highest BCUT2D eigenvalue weighted by Crippen LogP contribution is 2.51.